The van der Waals surface area contributed by atoms with Crippen LogP contribution in [0.5, 0.6) is 0 Å². The van der Waals surface area contributed by atoms with Crippen molar-refractivity contribution in [3.63, 3.8) is 0 Å². The zero-order valence-corrected chi connectivity index (χ0v) is 11.7. The summed E-state index contributed by atoms with van der Waals surface area (Å²) in [5, 5.41) is 8.78. The molecule has 0 radical (unpaired) electrons. The molecule has 86 valence electrons. The average Bonchev–Trinajstić information content (AvgIpc) is 2.28. The van der Waals surface area contributed by atoms with Gasteiger partial charge in [0, 0.05) is 23.9 Å². The number of alkyl halides is 1. The molecule has 0 saturated carbocycles. The van der Waals surface area contributed by atoms with Crippen molar-refractivity contribution in [1.29, 1.82) is 5.26 Å². The van der Waals surface area contributed by atoms with Crippen molar-refractivity contribution in [3.05, 3.63) is 28.2 Å². The zero-order valence-electron chi connectivity index (χ0n) is 9.37. The Morgan fingerprint density at radius 3 is 2.75 bits per heavy atom. The lowest BCUT2D eigenvalue weighted by Gasteiger charge is -2.22. The van der Waals surface area contributed by atoms with Gasteiger partial charge in [-0.05, 0) is 40.5 Å². The highest BCUT2D eigenvalue weighted by Crippen LogP contribution is 2.27. The summed E-state index contributed by atoms with van der Waals surface area (Å²) in [6.07, 6.45) is 0. The minimum Gasteiger partial charge on any atom is -0.372 e. The lowest BCUT2D eigenvalue weighted by atomic mass is 10.1. The van der Waals surface area contributed by atoms with Crippen molar-refractivity contribution in [3.8, 4) is 6.07 Å². The first kappa shape index (κ1) is 13.3. The van der Waals surface area contributed by atoms with Crippen LogP contribution in [0.3, 0.4) is 0 Å². The third-order valence-electron chi connectivity index (χ3n) is 2.35. The zero-order chi connectivity index (χ0) is 12.1. The molecule has 1 unspecified atom stereocenters. The highest BCUT2D eigenvalue weighted by molar-refractivity contribution is 9.10. The number of hydrogen-bond acceptors (Lipinski definition) is 2. The van der Waals surface area contributed by atoms with Crippen LogP contribution in [0.15, 0.2) is 22.7 Å². The van der Waals surface area contributed by atoms with Crippen molar-refractivity contribution < 1.29 is 0 Å². The molecule has 0 N–H and O–H groups in total. The Morgan fingerprint density at radius 1 is 1.56 bits per heavy atom. The third kappa shape index (κ3) is 3.40. The largest absolute Gasteiger partial charge is 0.372 e. The second kappa shape index (κ2) is 6.12. The molecular formula is C12H14BrClN2. The van der Waals surface area contributed by atoms with Gasteiger partial charge in [-0.15, -0.1) is 11.6 Å². The molecule has 0 heterocycles. The predicted octanol–water partition coefficient (Wildman–Crippen LogP) is 3.78. The first-order valence-corrected chi connectivity index (χ1v) is 6.36. The first-order valence-electron chi connectivity index (χ1n) is 5.03. The van der Waals surface area contributed by atoms with E-state index in [-0.39, 0.29) is 5.92 Å². The summed E-state index contributed by atoms with van der Waals surface area (Å²) in [6.45, 7) is 2.63. The molecule has 0 fully saturated rings. The maximum atomic E-state index is 8.78. The summed E-state index contributed by atoms with van der Waals surface area (Å²) in [5.74, 6) is 0.529. The molecule has 0 bridgehead atoms. The van der Waals surface area contributed by atoms with Crippen LogP contribution in [0.4, 0.5) is 5.69 Å². The van der Waals surface area contributed by atoms with E-state index in [2.05, 4.69) is 26.9 Å². The predicted molar refractivity (Wildman–Crippen MR) is 71.7 cm³/mol. The average molecular weight is 302 g/mol. The Morgan fingerprint density at radius 2 is 2.25 bits per heavy atom. The molecule has 4 heteroatoms. The van der Waals surface area contributed by atoms with Gasteiger partial charge < -0.3 is 4.90 Å². The molecule has 0 aliphatic carbocycles. The molecule has 0 aromatic heterocycles. The quantitative estimate of drug-likeness (QED) is 0.791. The molecule has 1 atom stereocenters. The summed E-state index contributed by atoms with van der Waals surface area (Å²) < 4.78 is 1.01. The first-order chi connectivity index (χ1) is 7.58. The molecule has 0 spiro atoms. The minimum absolute atomic E-state index is 0.0182. The fourth-order valence-corrected chi connectivity index (χ4v) is 2.39. The molecule has 1 rings (SSSR count). The molecule has 1 aromatic rings. The summed E-state index contributed by atoms with van der Waals surface area (Å²) in [5.41, 5.74) is 2.16. The lowest BCUT2D eigenvalue weighted by Crippen LogP contribution is -2.23. The standard InChI is InChI=1S/C12H14BrClN2/c1-9(7-15)8-16(2)12-4-3-10(6-14)5-11(12)13/h3-5,9H,6,8H2,1-2H3. The van der Waals surface area contributed by atoms with Gasteiger partial charge in [0.2, 0.25) is 0 Å². The van der Waals surface area contributed by atoms with Gasteiger partial charge in [-0.3, -0.25) is 0 Å². The molecule has 0 aliphatic heterocycles. The van der Waals surface area contributed by atoms with Crippen LogP contribution in [0.25, 0.3) is 0 Å². The Balaban J connectivity index is 2.84. The van der Waals surface area contributed by atoms with Crippen LogP contribution in [-0.2, 0) is 5.88 Å². The van der Waals surface area contributed by atoms with E-state index in [0.29, 0.717) is 5.88 Å². The smallest absolute Gasteiger partial charge is 0.0671 e. The number of anilines is 1. The molecule has 1 aromatic carbocycles. The Kier molecular flexibility index (Phi) is 5.11. The second-order valence-electron chi connectivity index (χ2n) is 3.83. The molecule has 0 amide bonds. The molecular weight excluding hydrogens is 288 g/mol. The molecule has 0 saturated heterocycles. The second-order valence-corrected chi connectivity index (χ2v) is 4.95. The minimum atomic E-state index is 0.0182. The normalized spacial score (nSPS) is 11.9. The van der Waals surface area contributed by atoms with Crippen LogP contribution in [0, 0.1) is 17.2 Å². The van der Waals surface area contributed by atoms with Crippen LogP contribution in [0.2, 0.25) is 0 Å². The number of halogens is 2. The number of rotatable bonds is 4. The van der Waals surface area contributed by atoms with E-state index in [1.165, 1.54) is 0 Å². The van der Waals surface area contributed by atoms with E-state index in [1.807, 2.05) is 32.2 Å². The van der Waals surface area contributed by atoms with Crippen LogP contribution >= 0.6 is 27.5 Å². The topological polar surface area (TPSA) is 27.0 Å². The van der Waals surface area contributed by atoms with Crippen molar-refractivity contribution >= 4 is 33.2 Å². The summed E-state index contributed by atoms with van der Waals surface area (Å²) in [6, 6.07) is 8.26. The van der Waals surface area contributed by atoms with Gasteiger partial charge in [-0.1, -0.05) is 6.07 Å². The highest BCUT2D eigenvalue weighted by atomic mass is 79.9. The Labute approximate surface area is 110 Å². The third-order valence-corrected chi connectivity index (χ3v) is 3.29. The molecule has 2 nitrogen and oxygen atoms in total. The van der Waals surface area contributed by atoms with Crippen molar-refractivity contribution in [2.24, 2.45) is 5.92 Å². The molecule has 0 aliphatic rings. The van der Waals surface area contributed by atoms with Gasteiger partial charge in [0.05, 0.1) is 17.7 Å². The van der Waals surface area contributed by atoms with E-state index in [9.17, 15) is 0 Å². The number of hydrogen-bond donors (Lipinski definition) is 0. The van der Waals surface area contributed by atoms with E-state index in [4.69, 9.17) is 16.9 Å². The summed E-state index contributed by atoms with van der Waals surface area (Å²) in [4.78, 5) is 2.07. The molecule has 16 heavy (non-hydrogen) atoms. The van der Waals surface area contributed by atoms with Gasteiger partial charge in [0.25, 0.3) is 0 Å². The van der Waals surface area contributed by atoms with Crippen LogP contribution < -0.4 is 4.90 Å². The maximum absolute atomic E-state index is 8.78. The summed E-state index contributed by atoms with van der Waals surface area (Å²) >= 11 is 9.28. The van der Waals surface area contributed by atoms with Gasteiger partial charge in [-0.25, -0.2) is 0 Å². The van der Waals surface area contributed by atoms with Crippen molar-refractivity contribution in [2.75, 3.05) is 18.5 Å². The van der Waals surface area contributed by atoms with Gasteiger partial charge in [0.1, 0.15) is 0 Å². The summed E-state index contributed by atoms with van der Waals surface area (Å²) in [7, 11) is 1.98. The van der Waals surface area contributed by atoms with Crippen molar-refractivity contribution in [2.45, 2.75) is 12.8 Å². The fraction of sp³-hybridized carbons (Fsp3) is 0.417. The maximum Gasteiger partial charge on any atom is 0.0671 e. The number of benzene rings is 1. The lowest BCUT2D eigenvalue weighted by molar-refractivity contribution is 0.715. The van der Waals surface area contributed by atoms with E-state index in [1.54, 1.807) is 0 Å². The van der Waals surface area contributed by atoms with Crippen LogP contribution in [0.1, 0.15) is 12.5 Å². The Hall–Kier alpha value is -0.720. The highest BCUT2D eigenvalue weighted by Gasteiger charge is 2.09. The van der Waals surface area contributed by atoms with Crippen molar-refractivity contribution in [1.82, 2.24) is 0 Å². The van der Waals surface area contributed by atoms with Gasteiger partial charge in [0.15, 0.2) is 0 Å². The SMILES string of the molecule is CC(C#N)CN(C)c1ccc(CCl)cc1Br. The number of nitrogens with zero attached hydrogens (tertiary/aromatic N) is 2. The van der Waals surface area contributed by atoms with Crippen LogP contribution in [-0.4, -0.2) is 13.6 Å². The monoisotopic (exact) mass is 300 g/mol. The fourth-order valence-electron chi connectivity index (χ4n) is 1.49. The van der Waals surface area contributed by atoms with E-state index >= 15 is 0 Å². The van der Waals surface area contributed by atoms with E-state index in [0.717, 1.165) is 22.3 Å². The van der Waals surface area contributed by atoms with Gasteiger partial charge >= 0.3 is 0 Å². The van der Waals surface area contributed by atoms with E-state index < -0.39 is 0 Å². The Bertz CT molecular complexity index is 400. The number of nitriles is 1. The van der Waals surface area contributed by atoms with Gasteiger partial charge in [-0.2, -0.15) is 5.26 Å².